The van der Waals surface area contributed by atoms with Gasteiger partial charge in [0.1, 0.15) is 28.9 Å². The molecule has 3 aliphatic rings. The number of carbonyl (C=O) groups excluding carboxylic acids is 4. The number of halogens is 1. The van der Waals surface area contributed by atoms with E-state index in [0.717, 1.165) is 0 Å². The van der Waals surface area contributed by atoms with Crippen LogP contribution in [0.15, 0.2) is 29.0 Å². The van der Waals surface area contributed by atoms with Crippen LogP contribution in [0.3, 0.4) is 0 Å². The predicted octanol–water partition coefficient (Wildman–Crippen LogP) is 0.960. The van der Waals surface area contributed by atoms with E-state index in [1.54, 1.807) is 6.07 Å². The SMILES string of the molecule is CCC(=O)O[C@H]1[C@@H]2Cc3c(I)ccc(O)c3C(O)=C2C(=O)[C@]2(O)C(O)=C(C(N)=O)C(=O)C[C@H]12. The summed E-state index contributed by atoms with van der Waals surface area (Å²) in [6.45, 7) is 1.53. The number of fused-ring (bicyclic) bond motifs is 3. The molecular weight excluding hydrogens is 549 g/mol. The number of hydrogen-bond donors (Lipinski definition) is 5. The first kappa shape index (κ1) is 23.2. The minimum Gasteiger partial charge on any atom is -0.508 e. The van der Waals surface area contributed by atoms with Gasteiger partial charge in [0.25, 0.3) is 5.91 Å². The van der Waals surface area contributed by atoms with Crippen LogP contribution in [0.5, 0.6) is 5.75 Å². The number of nitrogens with two attached hydrogens (primary N) is 1. The van der Waals surface area contributed by atoms with Crippen LogP contribution in [0.4, 0.5) is 0 Å². The number of rotatable bonds is 3. The van der Waals surface area contributed by atoms with Crippen molar-refractivity contribution in [3.63, 3.8) is 0 Å². The molecule has 0 aromatic heterocycles. The highest BCUT2D eigenvalue weighted by Gasteiger charge is 2.65. The van der Waals surface area contributed by atoms with Crippen LogP contribution >= 0.6 is 22.6 Å². The summed E-state index contributed by atoms with van der Waals surface area (Å²) in [6, 6.07) is 2.94. The van der Waals surface area contributed by atoms with E-state index < -0.39 is 70.5 Å². The average molecular weight is 569 g/mol. The summed E-state index contributed by atoms with van der Waals surface area (Å²) < 4.78 is 6.22. The van der Waals surface area contributed by atoms with Crippen LogP contribution in [0.25, 0.3) is 5.76 Å². The molecule has 0 aliphatic heterocycles. The van der Waals surface area contributed by atoms with Gasteiger partial charge in [0.2, 0.25) is 5.78 Å². The molecule has 0 spiro atoms. The molecule has 0 bridgehead atoms. The Balaban J connectivity index is 2.02. The molecule has 3 aliphatic carbocycles. The molecule has 1 fully saturated rings. The van der Waals surface area contributed by atoms with Gasteiger partial charge in [0.15, 0.2) is 11.4 Å². The summed E-state index contributed by atoms with van der Waals surface area (Å²) in [4.78, 5) is 50.2. The number of aromatic hydroxyl groups is 1. The maximum absolute atomic E-state index is 13.6. The number of ether oxygens (including phenoxy) is 1. The van der Waals surface area contributed by atoms with Gasteiger partial charge < -0.3 is 30.9 Å². The van der Waals surface area contributed by atoms with Gasteiger partial charge in [0, 0.05) is 33.8 Å². The van der Waals surface area contributed by atoms with Gasteiger partial charge in [-0.2, -0.15) is 0 Å². The molecule has 1 amide bonds. The molecule has 33 heavy (non-hydrogen) atoms. The first-order valence-electron chi connectivity index (χ1n) is 10.1. The van der Waals surface area contributed by atoms with Crippen molar-refractivity contribution in [2.75, 3.05) is 0 Å². The lowest BCUT2D eigenvalue weighted by atomic mass is 9.57. The standard InChI is InChI=1S/C22H20INO9/c1-2-13(27)33-18-8-5-7-10(23)3-4-11(25)14(7)17(28)15(8)19(29)22(32)9(18)6-12(26)16(20(22)30)21(24)31/h3-4,8-9,18,25,28,30,32H,2,5-6H2,1H3,(H2,24,31)/t8-,9-,18+,22+/m1/s1. The topological polar surface area (TPSA) is 184 Å². The zero-order chi connectivity index (χ0) is 24.4. The smallest absolute Gasteiger partial charge is 0.305 e. The molecule has 1 saturated carbocycles. The third kappa shape index (κ3) is 3.16. The molecule has 0 unspecified atom stereocenters. The highest BCUT2D eigenvalue weighted by atomic mass is 127. The van der Waals surface area contributed by atoms with Gasteiger partial charge in [-0.15, -0.1) is 0 Å². The van der Waals surface area contributed by atoms with Crippen LogP contribution < -0.4 is 5.73 Å². The number of primary amides is 1. The molecule has 10 nitrogen and oxygen atoms in total. The molecule has 0 heterocycles. The highest BCUT2D eigenvalue weighted by Crippen LogP contribution is 2.53. The van der Waals surface area contributed by atoms with Crippen LogP contribution in [0.2, 0.25) is 0 Å². The fraction of sp³-hybridized carbons (Fsp3) is 0.364. The number of aliphatic hydroxyl groups is 3. The largest absolute Gasteiger partial charge is 0.508 e. The fourth-order valence-corrected chi connectivity index (χ4v) is 5.65. The summed E-state index contributed by atoms with van der Waals surface area (Å²) in [5.74, 6) is -8.68. The van der Waals surface area contributed by atoms with Crippen LogP contribution in [0, 0.1) is 15.4 Å². The minimum absolute atomic E-state index is 0.0189. The Bertz CT molecular complexity index is 1200. The van der Waals surface area contributed by atoms with Crippen LogP contribution in [0.1, 0.15) is 30.9 Å². The van der Waals surface area contributed by atoms with E-state index >= 15 is 0 Å². The van der Waals surface area contributed by atoms with E-state index in [9.17, 15) is 39.6 Å². The molecule has 174 valence electrons. The van der Waals surface area contributed by atoms with E-state index in [1.807, 2.05) is 22.6 Å². The molecule has 11 heteroatoms. The van der Waals surface area contributed by atoms with Gasteiger partial charge in [-0.25, -0.2) is 0 Å². The number of benzene rings is 1. The Morgan fingerprint density at radius 3 is 2.48 bits per heavy atom. The number of esters is 1. The van der Waals surface area contributed by atoms with Crippen molar-refractivity contribution >= 4 is 51.8 Å². The van der Waals surface area contributed by atoms with Crippen molar-refractivity contribution in [1.29, 1.82) is 0 Å². The Morgan fingerprint density at radius 1 is 1.21 bits per heavy atom. The quantitative estimate of drug-likeness (QED) is 0.201. The van der Waals surface area contributed by atoms with E-state index in [2.05, 4.69) is 0 Å². The van der Waals surface area contributed by atoms with E-state index in [0.29, 0.717) is 9.13 Å². The Labute approximate surface area is 200 Å². The van der Waals surface area contributed by atoms with Crippen LogP contribution in [-0.4, -0.2) is 55.6 Å². The lowest BCUT2D eigenvalue weighted by Gasteiger charge is -2.49. The molecule has 4 rings (SSSR count). The number of phenols is 1. The zero-order valence-corrected chi connectivity index (χ0v) is 19.5. The number of amides is 1. The van der Waals surface area contributed by atoms with E-state index in [-0.39, 0.29) is 29.7 Å². The first-order chi connectivity index (χ1) is 15.4. The third-order valence-electron chi connectivity index (χ3n) is 6.53. The summed E-state index contributed by atoms with van der Waals surface area (Å²) in [5.41, 5.74) is 1.53. The number of Topliss-reactive ketones (excluding diaryl/α,β-unsaturated/α-hetero) is 2. The molecule has 1 aromatic rings. The van der Waals surface area contributed by atoms with Gasteiger partial charge in [-0.3, -0.25) is 19.2 Å². The Kier molecular flexibility index (Phi) is 5.52. The van der Waals surface area contributed by atoms with Crippen molar-refractivity contribution in [3.05, 3.63) is 43.7 Å². The molecule has 0 radical (unpaired) electrons. The Morgan fingerprint density at radius 2 is 1.88 bits per heavy atom. The number of aliphatic hydroxyl groups excluding tert-OH is 2. The predicted molar refractivity (Wildman–Crippen MR) is 120 cm³/mol. The summed E-state index contributed by atoms with van der Waals surface area (Å²) in [5, 5.41) is 43.5. The lowest BCUT2D eigenvalue weighted by Crippen LogP contribution is -2.64. The number of ketones is 2. The second kappa shape index (κ2) is 7.83. The molecule has 6 N–H and O–H groups in total. The van der Waals surface area contributed by atoms with Crippen molar-refractivity contribution in [2.45, 2.75) is 37.9 Å². The van der Waals surface area contributed by atoms with E-state index in [4.69, 9.17) is 10.5 Å². The van der Waals surface area contributed by atoms with Crippen molar-refractivity contribution in [1.82, 2.24) is 0 Å². The summed E-state index contributed by atoms with van der Waals surface area (Å²) >= 11 is 2.00. The lowest BCUT2D eigenvalue weighted by molar-refractivity contribution is -0.177. The van der Waals surface area contributed by atoms with Gasteiger partial charge in [0.05, 0.1) is 5.56 Å². The van der Waals surface area contributed by atoms with E-state index in [1.165, 1.54) is 13.0 Å². The first-order valence-corrected chi connectivity index (χ1v) is 11.2. The second-order valence-corrected chi connectivity index (χ2v) is 9.38. The zero-order valence-electron chi connectivity index (χ0n) is 17.3. The Hall–Kier alpha value is -2.93. The molecule has 1 aromatic carbocycles. The number of hydrogen-bond acceptors (Lipinski definition) is 9. The van der Waals surface area contributed by atoms with Gasteiger partial charge >= 0.3 is 5.97 Å². The molecule has 0 saturated heterocycles. The van der Waals surface area contributed by atoms with Crippen molar-refractivity contribution in [3.8, 4) is 5.75 Å². The molecular formula is C22H20INO9. The molecule has 4 atom stereocenters. The number of phenolic OH excluding ortho intramolecular Hbond substituents is 1. The normalized spacial score (nSPS) is 28.8. The van der Waals surface area contributed by atoms with Gasteiger partial charge in [-0.1, -0.05) is 6.92 Å². The second-order valence-electron chi connectivity index (χ2n) is 8.22. The van der Waals surface area contributed by atoms with Crippen molar-refractivity contribution < 1.29 is 44.3 Å². The number of carbonyl (C=O) groups is 4. The fourth-order valence-electron chi connectivity index (χ4n) is 4.98. The van der Waals surface area contributed by atoms with Gasteiger partial charge in [-0.05, 0) is 46.7 Å². The maximum atomic E-state index is 13.6. The highest BCUT2D eigenvalue weighted by molar-refractivity contribution is 14.1. The average Bonchev–Trinajstić information content (AvgIpc) is 2.75. The summed E-state index contributed by atoms with van der Waals surface area (Å²) in [6.07, 6.45) is -1.90. The maximum Gasteiger partial charge on any atom is 0.305 e. The van der Waals surface area contributed by atoms with Crippen LogP contribution in [-0.2, 0) is 30.3 Å². The monoisotopic (exact) mass is 569 g/mol. The third-order valence-corrected chi connectivity index (χ3v) is 7.54. The van der Waals surface area contributed by atoms with Crippen molar-refractivity contribution in [2.24, 2.45) is 17.6 Å². The minimum atomic E-state index is -2.84. The summed E-state index contributed by atoms with van der Waals surface area (Å²) in [7, 11) is 0.